The summed E-state index contributed by atoms with van der Waals surface area (Å²) < 4.78 is 0.973. The largest absolute Gasteiger partial charge is 0.393 e. The average Bonchev–Trinajstić information content (AvgIpc) is 2.39. The molecule has 0 heterocycles. The van der Waals surface area contributed by atoms with Gasteiger partial charge in [-0.15, -0.1) is 0 Å². The number of nitro benzene ring substituents is 1. The summed E-state index contributed by atoms with van der Waals surface area (Å²) in [6.45, 7) is 0. The van der Waals surface area contributed by atoms with Crippen LogP contribution in [0.2, 0.25) is 0 Å². The van der Waals surface area contributed by atoms with Gasteiger partial charge in [-0.25, -0.2) is 0 Å². The van der Waals surface area contributed by atoms with Gasteiger partial charge in [-0.05, 0) is 36.4 Å². The molecule has 2 N–H and O–H groups in total. The fourth-order valence-electron chi connectivity index (χ4n) is 1.46. The van der Waals surface area contributed by atoms with Crippen molar-refractivity contribution in [1.82, 2.24) is 0 Å². The van der Waals surface area contributed by atoms with Crippen molar-refractivity contribution in [1.29, 1.82) is 0 Å². The summed E-state index contributed by atoms with van der Waals surface area (Å²) >= 11 is 3.34. The van der Waals surface area contributed by atoms with E-state index in [-0.39, 0.29) is 11.4 Å². The molecule has 0 atom stereocenters. The van der Waals surface area contributed by atoms with E-state index in [9.17, 15) is 10.1 Å². The summed E-state index contributed by atoms with van der Waals surface area (Å²) in [6.07, 6.45) is 0. The second-order valence-corrected chi connectivity index (χ2v) is 4.70. The maximum absolute atomic E-state index is 10.8. The Bertz CT molecular complexity index is 685. The van der Waals surface area contributed by atoms with Gasteiger partial charge in [0, 0.05) is 21.7 Å². The summed E-state index contributed by atoms with van der Waals surface area (Å²) in [5.74, 6) is 5.82. The number of nitrogen functional groups attached to an aromatic ring is 1. The minimum atomic E-state index is -0.514. The molecule has 19 heavy (non-hydrogen) atoms. The maximum Gasteiger partial charge on any atom is 0.293 e. The van der Waals surface area contributed by atoms with E-state index in [0.29, 0.717) is 5.56 Å². The topological polar surface area (TPSA) is 69.2 Å². The molecule has 2 aromatic rings. The van der Waals surface area contributed by atoms with Gasteiger partial charge in [0.05, 0.1) is 4.92 Å². The van der Waals surface area contributed by atoms with E-state index in [0.717, 1.165) is 10.0 Å². The van der Waals surface area contributed by atoms with Crippen LogP contribution in [0.5, 0.6) is 0 Å². The molecular formula is C14H9BrN2O2. The third kappa shape index (κ3) is 3.33. The highest BCUT2D eigenvalue weighted by atomic mass is 79.9. The standard InChI is InChI=1S/C14H9BrN2O2/c15-12-6-3-10(4-7-12)1-2-11-5-8-13(16)14(9-11)17(18)19/h3-9H,16H2. The lowest BCUT2D eigenvalue weighted by Crippen LogP contribution is -1.95. The Labute approximate surface area is 118 Å². The van der Waals surface area contributed by atoms with Crippen LogP contribution in [0.15, 0.2) is 46.9 Å². The molecule has 0 spiro atoms. The van der Waals surface area contributed by atoms with Crippen LogP contribution in [-0.2, 0) is 0 Å². The lowest BCUT2D eigenvalue weighted by atomic mass is 10.1. The molecule has 2 rings (SSSR count). The Morgan fingerprint density at radius 3 is 2.26 bits per heavy atom. The van der Waals surface area contributed by atoms with Crippen molar-refractivity contribution in [3.05, 3.63) is 68.2 Å². The summed E-state index contributed by atoms with van der Waals surface area (Å²) in [7, 11) is 0. The number of hydrogen-bond acceptors (Lipinski definition) is 3. The predicted octanol–water partition coefficient (Wildman–Crippen LogP) is 3.34. The number of benzene rings is 2. The molecule has 0 aliphatic carbocycles. The van der Waals surface area contributed by atoms with Gasteiger partial charge in [-0.2, -0.15) is 0 Å². The van der Waals surface area contributed by atoms with Crippen molar-refractivity contribution in [2.75, 3.05) is 5.73 Å². The van der Waals surface area contributed by atoms with E-state index in [2.05, 4.69) is 27.8 Å². The van der Waals surface area contributed by atoms with Gasteiger partial charge in [0.2, 0.25) is 0 Å². The van der Waals surface area contributed by atoms with Crippen LogP contribution in [0.4, 0.5) is 11.4 Å². The number of anilines is 1. The van der Waals surface area contributed by atoms with Crippen molar-refractivity contribution >= 4 is 27.3 Å². The number of rotatable bonds is 1. The Balaban J connectivity index is 2.32. The molecule has 5 heteroatoms. The van der Waals surface area contributed by atoms with Crippen molar-refractivity contribution in [3.63, 3.8) is 0 Å². The summed E-state index contributed by atoms with van der Waals surface area (Å²) in [5.41, 5.74) is 6.93. The first kappa shape index (κ1) is 13.1. The second kappa shape index (κ2) is 5.55. The molecule has 0 aromatic heterocycles. The van der Waals surface area contributed by atoms with Crippen LogP contribution in [0.1, 0.15) is 11.1 Å². The molecule has 0 unspecified atom stereocenters. The van der Waals surface area contributed by atoms with E-state index in [1.807, 2.05) is 24.3 Å². The minimum Gasteiger partial charge on any atom is -0.393 e. The molecule has 0 radical (unpaired) electrons. The Morgan fingerprint density at radius 1 is 1.05 bits per heavy atom. The van der Waals surface area contributed by atoms with Gasteiger partial charge in [0.1, 0.15) is 5.69 Å². The van der Waals surface area contributed by atoms with Gasteiger partial charge < -0.3 is 5.73 Å². The third-order valence-corrected chi connectivity index (χ3v) is 2.95. The zero-order valence-corrected chi connectivity index (χ0v) is 11.3. The zero-order valence-electron chi connectivity index (χ0n) is 9.76. The average molecular weight is 317 g/mol. The Morgan fingerprint density at radius 2 is 1.63 bits per heavy atom. The molecule has 0 saturated carbocycles. The molecule has 0 aliphatic rings. The highest BCUT2D eigenvalue weighted by molar-refractivity contribution is 9.10. The van der Waals surface area contributed by atoms with Gasteiger partial charge in [-0.1, -0.05) is 27.8 Å². The van der Waals surface area contributed by atoms with Crippen LogP contribution in [0.25, 0.3) is 0 Å². The second-order valence-electron chi connectivity index (χ2n) is 3.79. The number of nitro groups is 1. The molecule has 94 valence electrons. The normalized spacial score (nSPS) is 9.53. The van der Waals surface area contributed by atoms with Crippen molar-refractivity contribution in [2.45, 2.75) is 0 Å². The fourth-order valence-corrected chi connectivity index (χ4v) is 1.72. The van der Waals surface area contributed by atoms with Crippen LogP contribution < -0.4 is 5.73 Å². The van der Waals surface area contributed by atoms with E-state index in [1.165, 1.54) is 12.1 Å². The Hall–Kier alpha value is -2.32. The van der Waals surface area contributed by atoms with E-state index in [1.54, 1.807) is 6.07 Å². The van der Waals surface area contributed by atoms with Crippen LogP contribution in [0.3, 0.4) is 0 Å². The molecule has 0 amide bonds. The first-order valence-electron chi connectivity index (χ1n) is 5.38. The molecular weight excluding hydrogens is 308 g/mol. The first-order chi connectivity index (χ1) is 9.06. The molecule has 0 aliphatic heterocycles. The first-order valence-corrected chi connectivity index (χ1v) is 6.17. The number of nitrogens with zero attached hydrogens (tertiary/aromatic N) is 1. The summed E-state index contributed by atoms with van der Waals surface area (Å²) in [5, 5.41) is 10.8. The van der Waals surface area contributed by atoms with Gasteiger partial charge in [0.15, 0.2) is 0 Å². The highest BCUT2D eigenvalue weighted by Gasteiger charge is 2.10. The zero-order chi connectivity index (χ0) is 13.8. The monoisotopic (exact) mass is 316 g/mol. The smallest absolute Gasteiger partial charge is 0.293 e. The maximum atomic E-state index is 10.8. The van der Waals surface area contributed by atoms with Crippen LogP contribution in [-0.4, -0.2) is 4.92 Å². The number of hydrogen-bond donors (Lipinski definition) is 1. The quantitative estimate of drug-likeness (QED) is 0.379. The molecule has 2 aromatic carbocycles. The van der Waals surface area contributed by atoms with Gasteiger partial charge >= 0.3 is 0 Å². The number of nitrogens with two attached hydrogens (primary N) is 1. The van der Waals surface area contributed by atoms with Crippen LogP contribution in [0, 0.1) is 22.0 Å². The minimum absolute atomic E-state index is 0.123. The lowest BCUT2D eigenvalue weighted by Gasteiger charge is -1.97. The molecule has 0 fully saturated rings. The molecule has 0 saturated heterocycles. The van der Waals surface area contributed by atoms with E-state index < -0.39 is 4.92 Å². The predicted molar refractivity (Wildman–Crippen MR) is 77.6 cm³/mol. The molecule has 0 bridgehead atoms. The highest BCUT2D eigenvalue weighted by Crippen LogP contribution is 2.21. The van der Waals surface area contributed by atoms with E-state index in [4.69, 9.17) is 5.73 Å². The van der Waals surface area contributed by atoms with Gasteiger partial charge in [-0.3, -0.25) is 10.1 Å². The van der Waals surface area contributed by atoms with Gasteiger partial charge in [0.25, 0.3) is 5.69 Å². The Kier molecular flexibility index (Phi) is 3.83. The third-order valence-electron chi connectivity index (χ3n) is 2.42. The van der Waals surface area contributed by atoms with E-state index >= 15 is 0 Å². The molecule has 4 nitrogen and oxygen atoms in total. The number of halogens is 1. The fraction of sp³-hybridized carbons (Fsp3) is 0. The van der Waals surface area contributed by atoms with Crippen LogP contribution >= 0.6 is 15.9 Å². The SMILES string of the molecule is Nc1ccc(C#Cc2ccc(Br)cc2)cc1[N+](=O)[O-]. The van der Waals surface area contributed by atoms with Crippen molar-refractivity contribution in [3.8, 4) is 11.8 Å². The van der Waals surface area contributed by atoms with Crippen molar-refractivity contribution in [2.24, 2.45) is 0 Å². The lowest BCUT2D eigenvalue weighted by molar-refractivity contribution is -0.383. The summed E-state index contributed by atoms with van der Waals surface area (Å²) in [6, 6.07) is 12.0. The van der Waals surface area contributed by atoms with Crippen molar-refractivity contribution < 1.29 is 4.92 Å². The summed E-state index contributed by atoms with van der Waals surface area (Å²) in [4.78, 5) is 10.2.